The SMILES string of the molecule is O=[PH](O)c1ccc(CCP(=O)(O)c2ccccc2)cc1. The van der Waals surface area contributed by atoms with Gasteiger partial charge in [0.05, 0.1) is 0 Å². The van der Waals surface area contributed by atoms with Crippen molar-refractivity contribution in [3.05, 3.63) is 60.2 Å². The lowest BCUT2D eigenvalue weighted by molar-refractivity contribution is 0.489. The van der Waals surface area contributed by atoms with Gasteiger partial charge in [-0.05, 0) is 36.2 Å². The van der Waals surface area contributed by atoms with Crippen LogP contribution in [0.25, 0.3) is 0 Å². The molecule has 0 fully saturated rings. The molecule has 0 aliphatic carbocycles. The van der Waals surface area contributed by atoms with Crippen LogP contribution in [0.5, 0.6) is 0 Å². The number of benzene rings is 2. The molecule has 2 rings (SSSR count). The minimum atomic E-state index is -3.35. The second-order valence-electron chi connectivity index (χ2n) is 4.51. The molecule has 0 aliphatic rings. The van der Waals surface area contributed by atoms with Crippen molar-refractivity contribution in [2.45, 2.75) is 6.42 Å². The average Bonchev–Trinajstić information content (AvgIpc) is 2.46. The zero-order chi connectivity index (χ0) is 14.6. The van der Waals surface area contributed by atoms with E-state index in [1.165, 1.54) is 0 Å². The fraction of sp³-hybridized carbons (Fsp3) is 0.143. The van der Waals surface area contributed by atoms with Crippen LogP contribution in [0.4, 0.5) is 0 Å². The van der Waals surface area contributed by atoms with Crippen LogP contribution in [-0.2, 0) is 15.6 Å². The summed E-state index contributed by atoms with van der Waals surface area (Å²) in [5, 5.41) is 0.853. The lowest BCUT2D eigenvalue weighted by atomic mass is 10.2. The predicted molar refractivity (Wildman–Crippen MR) is 81.8 cm³/mol. The Kier molecular flexibility index (Phi) is 4.95. The highest BCUT2D eigenvalue weighted by Gasteiger charge is 2.20. The van der Waals surface area contributed by atoms with Crippen LogP contribution in [0, 0.1) is 0 Å². The standard InChI is InChI=1S/C14H16O4P2/c15-19(16)13-8-6-12(7-9-13)10-11-20(17,18)14-4-2-1-3-5-14/h1-9,19H,10-11H2,(H,15,16)(H,17,18). The molecule has 2 aromatic rings. The number of hydrogen-bond acceptors (Lipinski definition) is 2. The van der Waals surface area contributed by atoms with Crippen molar-refractivity contribution in [2.75, 3.05) is 6.16 Å². The fourth-order valence-electron chi connectivity index (χ4n) is 1.88. The van der Waals surface area contributed by atoms with Gasteiger partial charge in [-0.1, -0.05) is 30.3 Å². The van der Waals surface area contributed by atoms with Gasteiger partial charge >= 0.3 is 0 Å². The molecule has 20 heavy (non-hydrogen) atoms. The number of rotatable bonds is 5. The summed E-state index contributed by atoms with van der Waals surface area (Å²) in [6, 6.07) is 15.2. The molecule has 2 aromatic carbocycles. The third-order valence-corrected chi connectivity index (χ3v) is 5.83. The monoisotopic (exact) mass is 310 g/mol. The molecule has 0 saturated heterocycles. The van der Waals surface area contributed by atoms with E-state index >= 15 is 0 Å². The van der Waals surface area contributed by atoms with Crippen LogP contribution in [0.2, 0.25) is 0 Å². The Morgan fingerprint density at radius 2 is 1.60 bits per heavy atom. The third kappa shape index (κ3) is 3.91. The van der Waals surface area contributed by atoms with Gasteiger partial charge in [0.25, 0.3) is 0 Å². The molecule has 0 saturated carbocycles. The second-order valence-corrected chi connectivity index (χ2v) is 8.07. The van der Waals surface area contributed by atoms with Crippen LogP contribution in [0.15, 0.2) is 54.6 Å². The van der Waals surface area contributed by atoms with Gasteiger partial charge in [0.1, 0.15) is 0 Å². The van der Waals surface area contributed by atoms with Gasteiger partial charge < -0.3 is 9.79 Å². The first-order chi connectivity index (χ1) is 9.49. The molecule has 6 heteroatoms. The van der Waals surface area contributed by atoms with Gasteiger partial charge in [0.15, 0.2) is 0 Å². The highest BCUT2D eigenvalue weighted by Crippen LogP contribution is 2.39. The Balaban J connectivity index is 2.05. The van der Waals surface area contributed by atoms with Crippen LogP contribution in [0.3, 0.4) is 0 Å². The molecule has 0 spiro atoms. The van der Waals surface area contributed by atoms with Crippen molar-refractivity contribution in [1.82, 2.24) is 0 Å². The molecular formula is C14H16O4P2. The van der Waals surface area contributed by atoms with E-state index in [0.29, 0.717) is 17.0 Å². The van der Waals surface area contributed by atoms with Crippen LogP contribution >= 0.6 is 15.4 Å². The Hall–Kier alpha value is -1.18. The van der Waals surface area contributed by atoms with Crippen molar-refractivity contribution in [2.24, 2.45) is 0 Å². The maximum atomic E-state index is 12.2. The Bertz CT molecular complexity index is 638. The number of hydrogen-bond donors (Lipinski definition) is 2. The minimum absolute atomic E-state index is 0.157. The normalized spacial score (nSPS) is 15.5. The Morgan fingerprint density at radius 3 is 2.15 bits per heavy atom. The molecule has 0 aromatic heterocycles. The minimum Gasteiger partial charge on any atom is -0.343 e. The molecule has 4 nitrogen and oxygen atoms in total. The van der Waals surface area contributed by atoms with E-state index in [4.69, 9.17) is 4.89 Å². The molecular weight excluding hydrogens is 294 g/mol. The first-order valence-electron chi connectivity index (χ1n) is 6.19. The van der Waals surface area contributed by atoms with Crippen molar-refractivity contribution in [1.29, 1.82) is 0 Å². The van der Waals surface area contributed by atoms with E-state index in [1.807, 2.05) is 0 Å². The molecule has 2 atom stereocenters. The quantitative estimate of drug-likeness (QED) is 0.827. The summed E-state index contributed by atoms with van der Waals surface area (Å²) in [5.74, 6) is 0. The Morgan fingerprint density at radius 1 is 1.00 bits per heavy atom. The van der Waals surface area contributed by atoms with E-state index in [9.17, 15) is 14.0 Å². The van der Waals surface area contributed by atoms with Gasteiger partial charge in [-0.2, -0.15) is 0 Å². The van der Waals surface area contributed by atoms with Crippen LogP contribution < -0.4 is 10.6 Å². The molecule has 106 valence electrons. The first kappa shape index (κ1) is 15.2. The van der Waals surface area contributed by atoms with Crippen LogP contribution in [-0.4, -0.2) is 15.9 Å². The van der Waals surface area contributed by atoms with Gasteiger partial charge in [-0.25, -0.2) is 0 Å². The summed E-state index contributed by atoms with van der Waals surface area (Å²) < 4.78 is 23.1. The summed E-state index contributed by atoms with van der Waals surface area (Å²) in [6.07, 6.45) is 0.611. The largest absolute Gasteiger partial charge is 0.343 e. The highest BCUT2D eigenvalue weighted by molar-refractivity contribution is 7.66. The van der Waals surface area contributed by atoms with E-state index < -0.39 is 15.4 Å². The summed E-state index contributed by atoms with van der Waals surface area (Å²) in [5.41, 5.74) is 0.877. The van der Waals surface area contributed by atoms with Crippen molar-refractivity contribution >= 4 is 26.0 Å². The topological polar surface area (TPSA) is 74.6 Å². The van der Waals surface area contributed by atoms with Crippen molar-refractivity contribution < 1.29 is 18.9 Å². The van der Waals surface area contributed by atoms with Gasteiger partial charge in [0.2, 0.25) is 15.4 Å². The zero-order valence-electron chi connectivity index (χ0n) is 10.8. The summed E-state index contributed by atoms with van der Waals surface area (Å²) >= 11 is 0. The lowest BCUT2D eigenvalue weighted by Crippen LogP contribution is -2.08. The number of aryl methyl sites for hydroxylation is 1. The molecule has 2 N–H and O–H groups in total. The zero-order valence-corrected chi connectivity index (χ0v) is 12.7. The first-order valence-corrected chi connectivity index (χ1v) is 9.39. The highest BCUT2D eigenvalue weighted by atomic mass is 31.2. The van der Waals surface area contributed by atoms with Gasteiger partial charge in [-0.15, -0.1) is 0 Å². The Labute approximate surface area is 118 Å². The molecule has 0 bridgehead atoms. The van der Waals surface area contributed by atoms with E-state index in [2.05, 4.69) is 0 Å². The smallest absolute Gasteiger partial charge is 0.229 e. The lowest BCUT2D eigenvalue weighted by Gasteiger charge is -2.11. The summed E-state index contributed by atoms with van der Waals surface area (Å²) in [6.45, 7) is 0. The molecule has 2 unspecified atom stereocenters. The predicted octanol–water partition coefficient (Wildman–Crippen LogP) is 1.92. The molecule has 0 amide bonds. The maximum Gasteiger partial charge on any atom is 0.229 e. The van der Waals surface area contributed by atoms with Gasteiger partial charge in [0, 0.05) is 16.8 Å². The van der Waals surface area contributed by atoms with Gasteiger partial charge in [-0.3, -0.25) is 9.13 Å². The van der Waals surface area contributed by atoms with E-state index in [1.54, 1.807) is 54.6 Å². The average molecular weight is 310 g/mol. The second kappa shape index (κ2) is 6.51. The summed E-state index contributed by atoms with van der Waals surface area (Å²) in [4.78, 5) is 19.0. The fourth-order valence-corrected chi connectivity index (χ4v) is 3.79. The van der Waals surface area contributed by atoms with Crippen molar-refractivity contribution in [3.63, 3.8) is 0 Å². The van der Waals surface area contributed by atoms with E-state index in [-0.39, 0.29) is 6.16 Å². The molecule has 0 radical (unpaired) electrons. The molecule has 0 heterocycles. The maximum absolute atomic E-state index is 12.2. The molecule has 0 aliphatic heterocycles. The summed E-state index contributed by atoms with van der Waals surface area (Å²) in [7, 11) is -6.01. The van der Waals surface area contributed by atoms with E-state index in [0.717, 1.165) is 5.56 Å². The van der Waals surface area contributed by atoms with Crippen molar-refractivity contribution in [3.8, 4) is 0 Å². The van der Waals surface area contributed by atoms with Crippen LogP contribution in [0.1, 0.15) is 5.56 Å². The third-order valence-electron chi connectivity index (χ3n) is 3.06.